The van der Waals surface area contributed by atoms with Crippen LogP contribution in [0, 0.1) is 33.2 Å². The summed E-state index contributed by atoms with van der Waals surface area (Å²) >= 11 is 2.06. The molecule has 17 heteroatoms. The van der Waals surface area contributed by atoms with Gasteiger partial charge in [-0.3, -0.25) is 9.59 Å². The van der Waals surface area contributed by atoms with Gasteiger partial charge in [-0.05, 0) is 78.8 Å². The Bertz CT molecular complexity index is 1460. The predicted octanol–water partition coefficient (Wildman–Crippen LogP) is 4.58. The van der Waals surface area contributed by atoms with Crippen molar-refractivity contribution in [2.45, 2.75) is 81.3 Å². The van der Waals surface area contributed by atoms with Gasteiger partial charge in [0, 0.05) is 11.8 Å². The van der Waals surface area contributed by atoms with Gasteiger partial charge in [-0.25, -0.2) is 13.2 Å². The van der Waals surface area contributed by atoms with E-state index in [4.69, 9.17) is 14.2 Å². The monoisotopic (exact) mass is 765 g/mol. The van der Waals surface area contributed by atoms with Crippen LogP contribution in [0.15, 0.2) is 18.2 Å². The zero-order chi connectivity index (χ0) is 32.6. The zero-order valence-electron chi connectivity index (χ0n) is 23.1. The van der Waals surface area contributed by atoms with Gasteiger partial charge in [0.25, 0.3) is 6.10 Å². The molecular formula is C27H27F5IO10S-. The SMILES string of the molecule is CC(C)C1(Oc2cc(C(=O)OC3C4CC5C3OC(=O)C5C4C(=O)OC(C(F)(F)F)C(F)(F)S(=O)(=O)[O-])ccc2I)CCCC1. The standard InChI is InChI=1S/C27H28F5IO10S/c1-11(2)25(7-3-4-8-25)43-16-9-12(5-6-15(16)33)21(34)40-19-14-10-13-17(22(35)41-20(13)19)18(14)23(36)42-24(26(28,29)30)27(31,32)44(37,38)39/h5-6,9,11,13-14,17-20,24H,3-4,7-8,10H2,1-2H3,(H,37,38,39)/p-1. The van der Waals surface area contributed by atoms with Crippen molar-refractivity contribution in [1.29, 1.82) is 0 Å². The van der Waals surface area contributed by atoms with E-state index in [9.17, 15) is 49.3 Å². The Hall–Kier alpha value is -2.28. The van der Waals surface area contributed by atoms with Crippen LogP contribution in [-0.2, 0) is 33.9 Å². The van der Waals surface area contributed by atoms with Crippen LogP contribution in [0.25, 0.3) is 0 Å². The Morgan fingerprint density at radius 1 is 1.11 bits per heavy atom. The summed E-state index contributed by atoms with van der Waals surface area (Å²) in [5.41, 5.74) is -0.387. The van der Waals surface area contributed by atoms with Crippen molar-refractivity contribution in [3.8, 4) is 5.75 Å². The van der Waals surface area contributed by atoms with Crippen molar-refractivity contribution in [2.24, 2.45) is 29.6 Å². The van der Waals surface area contributed by atoms with E-state index in [-0.39, 0.29) is 17.9 Å². The number of carbonyl (C=O) groups is 3. The lowest BCUT2D eigenvalue weighted by Crippen LogP contribution is -2.54. The summed E-state index contributed by atoms with van der Waals surface area (Å²) in [6.07, 6.45) is -9.60. The molecule has 244 valence electrons. The predicted molar refractivity (Wildman–Crippen MR) is 144 cm³/mol. The van der Waals surface area contributed by atoms with Crippen LogP contribution in [0.3, 0.4) is 0 Å². The zero-order valence-corrected chi connectivity index (χ0v) is 26.1. The fourth-order valence-corrected chi connectivity index (χ4v) is 7.90. The summed E-state index contributed by atoms with van der Waals surface area (Å²) in [7, 11) is -6.92. The van der Waals surface area contributed by atoms with E-state index < -0.39 is 87.0 Å². The van der Waals surface area contributed by atoms with Crippen molar-refractivity contribution in [2.75, 3.05) is 0 Å². The molecule has 7 unspecified atom stereocenters. The molecule has 1 aromatic rings. The van der Waals surface area contributed by atoms with Gasteiger partial charge in [0.05, 0.1) is 21.0 Å². The highest BCUT2D eigenvalue weighted by atomic mass is 127. The lowest BCUT2D eigenvalue weighted by Gasteiger charge is -2.35. The number of hydrogen-bond donors (Lipinski definition) is 0. The number of esters is 3. The lowest BCUT2D eigenvalue weighted by atomic mass is 9.78. The van der Waals surface area contributed by atoms with Crippen molar-refractivity contribution in [1.82, 2.24) is 0 Å². The molecular weight excluding hydrogens is 738 g/mol. The van der Waals surface area contributed by atoms with Gasteiger partial charge in [-0.1, -0.05) is 13.8 Å². The van der Waals surface area contributed by atoms with Gasteiger partial charge in [0.15, 0.2) is 10.1 Å². The van der Waals surface area contributed by atoms with Gasteiger partial charge in [-0.2, -0.15) is 22.0 Å². The number of alkyl halides is 5. The third-order valence-electron chi connectivity index (χ3n) is 9.21. The van der Waals surface area contributed by atoms with Crippen molar-refractivity contribution >= 4 is 50.6 Å². The van der Waals surface area contributed by atoms with Crippen LogP contribution in [0.1, 0.15) is 56.3 Å². The molecule has 3 aliphatic carbocycles. The van der Waals surface area contributed by atoms with Crippen LogP contribution in [-0.4, -0.2) is 66.2 Å². The van der Waals surface area contributed by atoms with Crippen LogP contribution in [0.2, 0.25) is 0 Å². The average Bonchev–Trinajstić information content (AvgIpc) is 3.66. The number of hydrogen-bond acceptors (Lipinski definition) is 10. The fraction of sp³-hybridized carbons (Fsp3) is 0.667. The molecule has 4 fully saturated rings. The summed E-state index contributed by atoms with van der Waals surface area (Å²) < 4.78 is 123. The first-order valence-electron chi connectivity index (χ1n) is 13.8. The summed E-state index contributed by atoms with van der Waals surface area (Å²) in [6, 6.07) is 4.56. The molecule has 44 heavy (non-hydrogen) atoms. The maximum atomic E-state index is 14.0. The van der Waals surface area contributed by atoms with E-state index in [1.54, 1.807) is 6.07 Å². The molecule has 0 N–H and O–H groups in total. The second kappa shape index (κ2) is 11.2. The van der Waals surface area contributed by atoms with Crippen LogP contribution in [0.5, 0.6) is 5.75 Å². The number of ether oxygens (including phenoxy) is 4. The van der Waals surface area contributed by atoms with Gasteiger partial charge in [0.2, 0.25) is 0 Å². The van der Waals surface area contributed by atoms with E-state index in [0.717, 1.165) is 29.3 Å². The number of fused-ring (bicyclic) bond motifs is 1. The van der Waals surface area contributed by atoms with E-state index in [1.165, 1.54) is 12.1 Å². The second-order valence-electron chi connectivity index (χ2n) is 11.9. The maximum absolute atomic E-state index is 14.0. The lowest BCUT2D eigenvalue weighted by molar-refractivity contribution is -0.262. The van der Waals surface area contributed by atoms with E-state index in [1.807, 2.05) is 13.8 Å². The first kappa shape index (κ1) is 33.1. The van der Waals surface area contributed by atoms with Gasteiger partial charge < -0.3 is 23.5 Å². The van der Waals surface area contributed by atoms with Gasteiger partial charge in [0.1, 0.15) is 23.6 Å². The Morgan fingerprint density at radius 2 is 1.75 bits per heavy atom. The summed E-state index contributed by atoms with van der Waals surface area (Å²) in [6.45, 7) is 4.08. The topological polar surface area (TPSA) is 145 Å². The van der Waals surface area contributed by atoms with E-state index >= 15 is 0 Å². The molecule has 1 heterocycles. The Balaban J connectivity index is 1.37. The number of carbonyl (C=O) groups excluding carboxylic acids is 3. The summed E-state index contributed by atoms with van der Waals surface area (Å²) in [5.74, 6) is -8.53. The molecule has 1 aromatic carbocycles. The van der Waals surface area contributed by atoms with Crippen LogP contribution in [0.4, 0.5) is 22.0 Å². The normalized spacial score (nSPS) is 29.9. The molecule has 7 atom stereocenters. The van der Waals surface area contributed by atoms with Crippen LogP contribution < -0.4 is 4.74 Å². The number of benzene rings is 1. The van der Waals surface area contributed by atoms with E-state index in [2.05, 4.69) is 27.3 Å². The molecule has 0 radical (unpaired) electrons. The first-order chi connectivity index (χ1) is 20.3. The molecule has 0 spiro atoms. The van der Waals surface area contributed by atoms with E-state index in [0.29, 0.717) is 5.75 Å². The quantitative estimate of drug-likeness (QED) is 0.115. The molecule has 1 aliphatic heterocycles. The first-order valence-corrected chi connectivity index (χ1v) is 16.3. The molecule has 0 amide bonds. The average molecular weight is 765 g/mol. The third-order valence-corrected chi connectivity index (χ3v) is 11.0. The molecule has 5 rings (SSSR count). The Labute approximate surface area is 262 Å². The number of halogens is 6. The van der Waals surface area contributed by atoms with Gasteiger partial charge >= 0.3 is 29.3 Å². The van der Waals surface area contributed by atoms with Crippen molar-refractivity contribution < 1.29 is 68.3 Å². The molecule has 1 saturated heterocycles. The van der Waals surface area contributed by atoms with Crippen molar-refractivity contribution in [3.05, 3.63) is 27.3 Å². The fourth-order valence-electron chi connectivity index (χ4n) is 7.01. The molecule has 4 aliphatic rings. The largest absolute Gasteiger partial charge is 0.743 e. The van der Waals surface area contributed by atoms with Crippen LogP contribution >= 0.6 is 22.6 Å². The Kier molecular flexibility index (Phi) is 8.43. The summed E-state index contributed by atoms with van der Waals surface area (Å²) in [5, 5.41) is -6.06. The minimum atomic E-state index is -6.92. The number of rotatable bonds is 9. The molecule has 3 saturated carbocycles. The molecule has 10 nitrogen and oxygen atoms in total. The minimum absolute atomic E-state index is 0.0394. The summed E-state index contributed by atoms with van der Waals surface area (Å²) in [4.78, 5) is 38.8. The highest BCUT2D eigenvalue weighted by Gasteiger charge is 2.71. The third kappa shape index (κ3) is 5.54. The smallest absolute Gasteiger partial charge is 0.432 e. The molecule has 0 aromatic heterocycles. The van der Waals surface area contributed by atoms with Crippen molar-refractivity contribution in [3.63, 3.8) is 0 Å². The molecule has 2 bridgehead atoms. The second-order valence-corrected chi connectivity index (χ2v) is 14.5. The minimum Gasteiger partial charge on any atom is -0.743 e. The highest BCUT2D eigenvalue weighted by Crippen LogP contribution is 2.59. The van der Waals surface area contributed by atoms with Gasteiger partial charge in [-0.15, -0.1) is 0 Å². The Morgan fingerprint density at radius 3 is 2.32 bits per heavy atom. The highest BCUT2D eigenvalue weighted by molar-refractivity contribution is 14.1. The maximum Gasteiger partial charge on any atom is 0.432 e.